The molecule has 1 amide bonds. The summed E-state index contributed by atoms with van der Waals surface area (Å²) in [6, 6.07) is 8.48. The summed E-state index contributed by atoms with van der Waals surface area (Å²) in [5.74, 6) is -0.813. The summed E-state index contributed by atoms with van der Waals surface area (Å²) in [6.07, 6.45) is -2.68. The van der Waals surface area contributed by atoms with Crippen LogP contribution in [0, 0.1) is 6.92 Å². The molecule has 0 spiro atoms. The maximum Gasteiger partial charge on any atom is 0.263 e. The van der Waals surface area contributed by atoms with Crippen LogP contribution in [0.3, 0.4) is 0 Å². The molecule has 1 heterocycles. The highest BCUT2D eigenvalue weighted by molar-refractivity contribution is 5.95. The number of pyridine rings is 1. The van der Waals surface area contributed by atoms with Crippen molar-refractivity contribution in [2.45, 2.75) is 52.2 Å². The second kappa shape index (κ2) is 8.56. The molecule has 0 aliphatic rings. The topological polar surface area (TPSA) is 79.3 Å². The average molecular weight is 390 g/mol. The summed E-state index contributed by atoms with van der Waals surface area (Å²) in [5.41, 5.74) is 0.212. The Balaban J connectivity index is 2.18. The van der Waals surface area contributed by atoms with Gasteiger partial charge >= 0.3 is 0 Å². The van der Waals surface area contributed by atoms with Crippen LogP contribution in [0.2, 0.25) is 0 Å². The zero-order valence-electron chi connectivity index (χ0n) is 16.3. The number of ketones is 1. The lowest BCUT2D eigenvalue weighted by molar-refractivity contribution is -0.133. The number of benzene rings is 1. The van der Waals surface area contributed by atoms with E-state index in [1.54, 1.807) is 26.0 Å². The van der Waals surface area contributed by atoms with E-state index in [0.717, 1.165) is 0 Å². The third kappa shape index (κ3) is 5.66. The highest BCUT2D eigenvalue weighted by Gasteiger charge is 2.24. The van der Waals surface area contributed by atoms with Crippen LogP contribution in [-0.2, 0) is 11.2 Å². The molecule has 0 aliphatic carbocycles. The van der Waals surface area contributed by atoms with Gasteiger partial charge in [-0.05, 0) is 51.5 Å². The van der Waals surface area contributed by atoms with E-state index in [2.05, 4.69) is 10.3 Å². The Kier molecular flexibility index (Phi) is 6.61. The summed E-state index contributed by atoms with van der Waals surface area (Å²) in [5, 5.41) is 12.6. The van der Waals surface area contributed by atoms with E-state index in [-0.39, 0.29) is 12.0 Å². The van der Waals surface area contributed by atoms with Crippen molar-refractivity contribution in [2.75, 3.05) is 0 Å². The number of aliphatic hydroxyl groups is 1. The number of hydrogen-bond donors (Lipinski definition) is 2. The first-order chi connectivity index (χ1) is 13.0. The van der Waals surface area contributed by atoms with Crippen LogP contribution in [0.4, 0.5) is 8.78 Å². The fourth-order valence-corrected chi connectivity index (χ4v) is 2.67. The van der Waals surface area contributed by atoms with Crippen LogP contribution in [0.25, 0.3) is 0 Å². The maximum absolute atomic E-state index is 12.9. The van der Waals surface area contributed by atoms with Crippen molar-refractivity contribution in [2.24, 2.45) is 0 Å². The molecule has 7 heteroatoms. The number of amides is 1. The number of aromatic nitrogens is 1. The lowest BCUT2D eigenvalue weighted by Crippen LogP contribution is -2.33. The van der Waals surface area contributed by atoms with Gasteiger partial charge in [0.25, 0.3) is 12.3 Å². The SMILES string of the molecule is Cc1cc(C(=O)NC(C)c2cccc(C(F)F)c2)cc(CC(=O)C(C)(C)O)n1. The van der Waals surface area contributed by atoms with Gasteiger partial charge in [0, 0.05) is 22.5 Å². The van der Waals surface area contributed by atoms with E-state index in [9.17, 15) is 23.5 Å². The van der Waals surface area contributed by atoms with Gasteiger partial charge in [-0.2, -0.15) is 0 Å². The molecule has 150 valence electrons. The van der Waals surface area contributed by atoms with Gasteiger partial charge in [0.2, 0.25) is 0 Å². The lowest BCUT2D eigenvalue weighted by atomic mass is 9.98. The fraction of sp³-hybridized carbons (Fsp3) is 0.381. The fourth-order valence-electron chi connectivity index (χ4n) is 2.67. The molecule has 0 saturated carbocycles. The van der Waals surface area contributed by atoms with Crippen molar-refractivity contribution in [1.29, 1.82) is 0 Å². The first-order valence-electron chi connectivity index (χ1n) is 8.89. The molecule has 2 N–H and O–H groups in total. The summed E-state index contributed by atoms with van der Waals surface area (Å²) < 4.78 is 25.8. The van der Waals surface area contributed by atoms with Crippen LogP contribution in [0.1, 0.15) is 66.1 Å². The molecule has 1 aromatic carbocycles. The van der Waals surface area contributed by atoms with E-state index in [1.807, 2.05) is 0 Å². The highest BCUT2D eigenvalue weighted by Crippen LogP contribution is 2.23. The molecule has 0 fully saturated rings. The van der Waals surface area contributed by atoms with Gasteiger partial charge in [0.1, 0.15) is 5.60 Å². The molecular weight excluding hydrogens is 366 g/mol. The van der Waals surface area contributed by atoms with E-state index in [4.69, 9.17) is 0 Å². The molecule has 0 aliphatic heterocycles. The molecule has 2 aromatic rings. The Hall–Kier alpha value is -2.67. The monoisotopic (exact) mass is 390 g/mol. The van der Waals surface area contributed by atoms with Crippen molar-refractivity contribution in [1.82, 2.24) is 10.3 Å². The van der Waals surface area contributed by atoms with Gasteiger partial charge in [-0.25, -0.2) is 8.78 Å². The number of nitrogens with zero attached hydrogens (tertiary/aromatic N) is 1. The second-order valence-corrected chi connectivity index (χ2v) is 7.31. The largest absolute Gasteiger partial charge is 0.383 e. The quantitative estimate of drug-likeness (QED) is 0.756. The van der Waals surface area contributed by atoms with Crippen molar-refractivity contribution in [3.8, 4) is 0 Å². The van der Waals surface area contributed by atoms with E-state index < -0.39 is 29.8 Å². The smallest absolute Gasteiger partial charge is 0.263 e. The number of aryl methyl sites for hydroxylation is 1. The Bertz CT molecular complexity index is 876. The number of halogens is 2. The van der Waals surface area contributed by atoms with E-state index in [0.29, 0.717) is 22.5 Å². The molecule has 28 heavy (non-hydrogen) atoms. The van der Waals surface area contributed by atoms with E-state index >= 15 is 0 Å². The third-order valence-electron chi connectivity index (χ3n) is 4.30. The van der Waals surface area contributed by atoms with E-state index in [1.165, 1.54) is 38.1 Å². The summed E-state index contributed by atoms with van der Waals surface area (Å²) >= 11 is 0. The van der Waals surface area contributed by atoms with Crippen LogP contribution in [-0.4, -0.2) is 27.4 Å². The molecule has 1 unspecified atom stereocenters. The Morgan fingerprint density at radius 2 is 1.82 bits per heavy atom. The minimum absolute atomic E-state index is 0.0998. The summed E-state index contributed by atoms with van der Waals surface area (Å²) in [7, 11) is 0. The molecule has 0 saturated heterocycles. The predicted molar refractivity (Wildman–Crippen MR) is 101 cm³/mol. The minimum Gasteiger partial charge on any atom is -0.383 e. The standard InChI is InChI=1S/C21H24F2N2O3/c1-12-8-16(10-17(24-12)11-18(26)21(3,4)28)20(27)25-13(2)14-6-5-7-15(9-14)19(22)23/h5-10,13,19,28H,11H2,1-4H3,(H,25,27). The summed E-state index contributed by atoms with van der Waals surface area (Å²) in [4.78, 5) is 28.9. The van der Waals surface area contributed by atoms with Gasteiger partial charge in [0.15, 0.2) is 5.78 Å². The second-order valence-electron chi connectivity index (χ2n) is 7.31. The Labute approximate surface area is 162 Å². The molecule has 5 nitrogen and oxygen atoms in total. The van der Waals surface area contributed by atoms with Gasteiger partial charge in [-0.3, -0.25) is 14.6 Å². The Morgan fingerprint density at radius 3 is 2.43 bits per heavy atom. The average Bonchev–Trinajstić information content (AvgIpc) is 2.60. The molecular formula is C21H24F2N2O3. The molecule has 1 atom stereocenters. The van der Waals surface area contributed by atoms with Crippen molar-refractivity contribution >= 4 is 11.7 Å². The number of carbonyl (C=O) groups is 2. The normalized spacial score (nSPS) is 12.7. The molecule has 0 radical (unpaired) electrons. The molecule has 2 rings (SSSR count). The molecule has 1 aromatic heterocycles. The zero-order chi connectivity index (χ0) is 21.1. The van der Waals surface area contributed by atoms with Gasteiger partial charge in [0.05, 0.1) is 12.5 Å². The number of nitrogens with one attached hydrogen (secondary N) is 1. The van der Waals surface area contributed by atoms with Crippen molar-refractivity contribution < 1.29 is 23.5 Å². The van der Waals surface area contributed by atoms with Gasteiger partial charge in [-0.15, -0.1) is 0 Å². The Morgan fingerprint density at radius 1 is 1.18 bits per heavy atom. The highest BCUT2D eigenvalue weighted by atomic mass is 19.3. The zero-order valence-corrected chi connectivity index (χ0v) is 16.3. The molecule has 0 bridgehead atoms. The van der Waals surface area contributed by atoms with Crippen LogP contribution < -0.4 is 5.32 Å². The van der Waals surface area contributed by atoms with Crippen molar-refractivity contribution in [3.05, 3.63) is 64.5 Å². The number of hydrogen-bond acceptors (Lipinski definition) is 4. The van der Waals surface area contributed by atoms with Crippen LogP contribution in [0.15, 0.2) is 36.4 Å². The number of carbonyl (C=O) groups excluding carboxylic acids is 2. The predicted octanol–water partition coefficient (Wildman–Crippen LogP) is 3.70. The number of rotatable bonds is 7. The lowest BCUT2D eigenvalue weighted by Gasteiger charge is -2.17. The van der Waals surface area contributed by atoms with Crippen LogP contribution >= 0.6 is 0 Å². The number of Topliss-reactive ketones (excluding diaryl/α,β-unsaturated/α-hetero) is 1. The first kappa shape index (κ1) is 21.6. The first-order valence-corrected chi connectivity index (χ1v) is 8.89. The third-order valence-corrected chi connectivity index (χ3v) is 4.30. The van der Waals surface area contributed by atoms with Crippen molar-refractivity contribution in [3.63, 3.8) is 0 Å². The minimum atomic E-state index is -2.58. The van der Waals surface area contributed by atoms with Gasteiger partial charge in [-0.1, -0.05) is 18.2 Å². The van der Waals surface area contributed by atoms with Crippen LogP contribution in [0.5, 0.6) is 0 Å². The maximum atomic E-state index is 12.9. The number of alkyl halides is 2. The van der Waals surface area contributed by atoms with Gasteiger partial charge < -0.3 is 10.4 Å². The summed E-state index contributed by atoms with van der Waals surface area (Å²) in [6.45, 7) is 6.20.